The third kappa shape index (κ3) is 3.08. The maximum Gasteiger partial charge on any atom is 0.307 e. The summed E-state index contributed by atoms with van der Waals surface area (Å²) in [7, 11) is 1.99. The van der Waals surface area contributed by atoms with Crippen molar-refractivity contribution in [2.75, 3.05) is 19.6 Å². The summed E-state index contributed by atoms with van der Waals surface area (Å²) < 4.78 is 2.02. The molecule has 2 heterocycles. The normalized spacial score (nSPS) is 20.0. The van der Waals surface area contributed by atoms with Crippen LogP contribution >= 0.6 is 0 Å². The second-order valence-corrected chi connectivity index (χ2v) is 5.91. The average Bonchev–Trinajstić information content (AvgIpc) is 2.86. The Morgan fingerprint density at radius 3 is 3.14 bits per heavy atom. The van der Waals surface area contributed by atoms with E-state index in [1.54, 1.807) is 0 Å². The van der Waals surface area contributed by atoms with Gasteiger partial charge >= 0.3 is 5.97 Å². The van der Waals surface area contributed by atoms with Crippen molar-refractivity contribution in [3.05, 3.63) is 30.1 Å². The highest BCUT2D eigenvalue weighted by atomic mass is 16.4. The van der Waals surface area contributed by atoms with Crippen LogP contribution in [-0.4, -0.2) is 45.2 Å². The van der Waals surface area contributed by atoms with Gasteiger partial charge in [0, 0.05) is 20.1 Å². The Hall–Kier alpha value is -1.88. The Morgan fingerprint density at radius 2 is 2.33 bits per heavy atom. The van der Waals surface area contributed by atoms with E-state index in [-0.39, 0.29) is 5.92 Å². The summed E-state index contributed by atoms with van der Waals surface area (Å²) in [6.45, 7) is 2.61. The Balaban J connectivity index is 1.62. The Labute approximate surface area is 124 Å². The zero-order valence-corrected chi connectivity index (χ0v) is 12.3. The van der Waals surface area contributed by atoms with Crippen LogP contribution in [0.4, 0.5) is 0 Å². The smallest absolute Gasteiger partial charge is 0.307 e. The number of carboxylic acid groups (broad SMARTS) is 1. The summed E-state index contributed by atoms with van der Waals surface area (Å²) in [5.74, 6) is -0.855. The molecule has 5 nitrogen and oxygen atoms in total. The van der Waals surface area contributed by atoms with E-state index in [4.69, 9.17) is 5.11 Å². The first-order chi connectivity index (χ1) is 10.1. The van der Waals surface area contributed by atoms with Gasteiger partial charge in [-0.1, -0.05) is 6.07 Å². The van der Waals surface area contributed by atoms with Gasteiger partial charge in [-0.2, -0.15) is 0 Å². The highest BCUT2D eigenvalue weighted by Gasteiger charge is 2.24. The topological polar surface area (TPSA) is 58.4 Å². The second kappa shape index (κ2) is 5.85. The molecule has 0 saturated carbocycles. The van der Waals surface area contributed by atoms with Crippen molar-refractivity contribution in [2.24, 2.45) is 13.0 Å². The zero-order chi connectivity index (χ0) is 14.8. The van der Waals surface area contributed by atoms with Crippen LogP contribution in [0.25, 0.3) is 11.0 Å². The predicted octanol–water partition coefficient (Wildman–Crippen LogP) is 1.91. The quantitative estimate of drug-likeness (QED) is 0.933. The van der Waals surface area contributed by atoms with Crippen molar-refractivity contribution in [1.82, 2.24) is 14.5 Å². The van der Waals surface area contributed by atoms with E-state index in [2.05, 4.69) is 28.1 Å². The van der Waals surface area contributed by atoms with E-state index in [0.717, 1.165) is 43.4 Å². The number of aromatic nitrogens is 2. The van der Waals surface area contributed by atoms with Crippen LogP contribution in [0.3, 0.4) is 0 Å². The lowest BCUT2D eigenvalue weighted by atomic mass is 9.98. The van der Waals surface area contributed by atoms with Crippen molar-refractivity contribution in [3.63, 3.8) is 0 Å². The molecule has 1 N–H and O–H groups in total. The fourth-order valence-electron chi connectivity index (χ4n) is 3.08. The van der Waals surface area contributed by atoms with Crippen molar-refractivity contribution in [2.45, 2.75) is 19.3 Å². The van der Waals surface area contributed by atoms with Crippen LogP contribution in [0.1, 0.15) is 18.4 Å². The molecule has 1 saturated heterocycles. The molecule has 2 aromatic rings. The van der Waals surface area contributed by atoms with Gasteiger partial charge < -0.3 is 14.6 Å². The Bertz CT molecular complexity index is 650. The number of nitrogens with zero attached hydrogens (tertiary/aromatic N) is 3. The number of rotatable bonds is 4. The number of aliphatic carboxylic acids is 1. The molecule has 21 heavy (non-hydrogen) atoms. The van der Waals surface area contributed by atoms with Crippen LogP contribution in [0, 0.1) is 5.92 Å². The Kier molecular flexibility index (Phi) is 3.92. The largest absolute Gasteiger partial charge is 0.481 e. The number of carbonyl (C=O) groups is 1. The fourth-order valence-corrected chi connectivity index (χ4v) is 3.08. The summed E-state index contributed by atoms with van der Waals surface area (Å²) in [6.07, 6.45) is 4.57. The van der Waals surface area contributed by atoms with Crippen molar-refractivity contribution in [3.8, 4) is 0 Å². The lowest BCUT2D eigenvalue weighted by Crippen LogP contribution is -2.39. The van der Waals surface area contributed by atoms with Crippen molar-refractivity contribution in [1.29, 1.82) is 0 Å². The molecule has 1 unspecified atom stereocenters. The molecule has 1 aliphatic heterocycles. The zero-order valence-electron chi connectivity index (χ0n) is 12.3. The molecule has 0 aliphatic carbocycles. The molecule has 1 aromatic heterocycles. The van der Waals surface area contributed by atoms with E-state index in [0.29, 0.717) is 6.54 Å². The van der Waals surface area contributed by atoms with Gasteiger partial charge in [0.15, 0.2) is 0 Å². The van der Waals surface area contributed by atoms with Crippen LogP contribution in [0.2, 0.25) is 0 Å². The minimum Gasteiger partial charge on any atom is -0.481 e. The maximum atomic E-state index is 11.1. The summed E-state index contributed by atoms with van der Waals surface area (Å²) in [6, 6.07) is 6.38. The number of piperidine rings is 1. The molecule has 1 atom stereocenters. The SMILES string of the molecule is Cn1cnc2cc(CCN3CCCC(C(=O)O)C3)ccc21. The van der Waals surface area contributed by atoms with Gasteiger partial charge in [-0.3, -0.25) is 4.79 Å². The van der Waals surface area contributed by atoms with Crippen LogP contribution in [0.5, 0.6) is 0 Å². The van der Waals surface area contributed by atoms with E-state index in [9.17, 15) is 4.79 Å². The molecule has 1 aromatic carbocycles. The maximum absolute atomic E-state index is 11.1. The molecule has 0 radical (unpaired) electrons. The number of benzene rings is 1. The molecule has 0 bridgehead atoms. The molecule has 3 rings (SSSR count). The van der Waals surface area contributed by atoms with Gasteiger partial charge in [0.05, 0.1) is 23.3 Å². The van der Waals surface area contributed by atoms with Crippen LogP contribution < -0.4 is 0 Å². The molecular weight excluding hydrogens is 266 g/mol. The Morgan fingerprint density at radius 1 is 1.48 bits per heavy atom. The van der Waals surface area contributed by atoms with E-state index in [1.807, 2.05) is 17.9 Å². The number of fused-ring (bicyclic) bond motifs is 1. The molecule has 5 heteroatoms. The summed E-state index contributed by atoms with van der Waals surface area (Å²) in [5.41, 5.74) is 3.43. The van der Waals surface area contributed by atoms with Crippen LogP contribution in [-0.2, 0) is 18.3 Å². The first kappa shape index (κ1) is 14.1. The van der Waals surface area contributed by atoms with Crippen molar-refractivity contribution < 1.29 is 9.90 Å². The lowest BCUT2D eigenvalue weighted by Gasteiger charge is -2.30. The number of likely N-dealkylation sites (tertiary alicyclic amines) is 1. The van der Waals surface area contributed by atoms with E-state index in [1.165, 1.54) is 5.56 Å². The van der Waals surface area contributed by atoms with Gasteiger partial charge in [-0.15, -0.1) is 0 Å². The monoisotopic (exact) mass is 287 g/mol. The minimum atomic E-state index is -0.658. The van der Waals surface area contributed by atoms with Gasteiger partial charge in [-0.25, -0.2) is 4.98 Å². The molecule has 112 valence electrons. The van der Waals surface area contributed by atoms with E-state index >= 15 is 0 Å². The average molecular weight is 287 g/mol. The number of hydrogen-bond acceptors (Lipinski definition) is 3. The number of hydrogen-bond donors (Lipinski definition) is 1. The molecule has 0 amide bonds. The first-order valence-corrected chi connectivity index (χ1v) is 7.48. The number of aryl methyl sites for hydroxylation is 1. The third-order valence-corrected chi connectivity index (χ3v) is 4.36. The predicted molar refractivity (Wildman–Crippen MR) is 81.2 cm³/mol. The fraction of sp³-hybridized carbons (Fsp3) is 0.500. The molecule has 1 fully saturated rings. The molecule has 1 aliphatic rings. The number of imidazole rings is 1. The van der Waals surface area contributed by atoms with Crippen LogP contribution in [0.15, 0.2) is 24.5 Å². The summed E-state index contributed by atoms with van der Waals surface area (Å²) in [5, 5.41) is 9.12. The highest BCUT2D eigenvalue weighted by molar-refractivity contribution is 5.75. The molecular formula is C16H21N3O2. The summed E-state index contributed by atoms with van der Waals surface area (Å²) in [4.78, 5) is 17.7. The molecule has 0 spiro atoms. The van der Waals surface area contributed by atoms with Gasteiger partial charge in [-0.05, 0) is 43.5 Å². The minimum absolute atomic E-state index is 0.197. The second-order valence-electron chi connectivity index (χ2n) is 5.91. The van der Waals surface area contributed by atoms with Gasteiger partial charge in [0.1, 0.15) is 0 Å². The first-order valence-electron chi connectivity index (χ1n) is 7.48. The highest BCUT2D eigenvalue weighted by Crippen LogP contribution is 2.18. The lowest BCUT2D eigenvalue weighted by molar-refractivity contribution is -0.143. The third-order valence-electron chi connectivity index (χ3n) is 4.36. The van der Waals surface area contributed by atoms with Gasteiger partial charge in [0.25, 0.3) is 0 Å². The van der Waals surface area contributed by atoms with E-state index < -0.39 is 5.97 Å². The standard InChI is InChI=1S/C16H21N3O2/c1-18-11-17-14-9-12(4-5-15(14)18)6-8-19-7-2-3-13(10-19)16(20)21/h4-5,9,11,13H,2-3,6-8,10H2,1H3,(H,20,21). The summed E-state index contributed by atoms with van der Waals surface area (Å²) >= 11 is 0. The van der Waals surface area contributed by atoms with Crippen molar-refractivity contribution >= 4 is 17.0 Å². The number of carboxylic acids is 1. The van der Waals surface area contributed by atoms with Gasteiger partial charge in [0.2, 0.25) is 0 Å².